The molecule has 0 heterocycles. The van der Waals surface area contributed by atoms with Crippen LogP contribution in [0.4, 0.5) is 0 Å². The standard InChI is InChI=1S/C60H101O11P/c1-4-7-10-13-16-19-22-25-26-27-28-29-30-33-34-37-40-43-46-49-58(62)67-53-57(71-60(64)51-48-45-42-39-36-32-24-21-18-15-12-9-6-3)55-69-72(65,66)68-54-56(52-61)70-59(63)50-47-44-41-38-35-31-23-20-17-14-11-8-5-2/h9,11-12,14,16,18-21,23,25-26,28-29,32,36,56-57,61H,4-8,10,13,15,17,22,24,27,30-31,33-35,37-55H2,1-3H3,(H,65,66)/b12-9-,14-11-,19-16-,21-18-,23-20-,26-25-,29-28-,36-32-. The second-order valence-corrected chi connectivity index (χ2v) is 19.8. The third-order valence-electron chi connectivity index (χ3n) is 11.4. The van der Waals surface area contributed by atoms with Gasteiger partial charge in [-0.2, -0.15) is 0 Å². The highest BCUT2D eigenvalue weighted by atomic mass is 31.2. The first-order chi connectivity index (χ1) is 35.2. The number of aliphatic hydroxyl groups is 1. The summed E-state index contributed by atoms with van der Waals surface area (Å²) in [6.07, 6.45) is 62.3. The topological polar surface area (TPSA) is 155 Å². The molecule has 11 nitrogen and oxygen atoms in total. The summed E-state index contributed by atoms with van der Waals surface area (Å²) < 4.78 is 39.4. The Morgan fingerprint density at radius 1 is 0.403 bits per heavy atom. The lowest BCUT2D eigenvalue weighted by Crippen LogP contribution is -2.30. The highest BCUT2D eigenvalue weighted by Crippen LogP contribution is 2.43. The van der Waals surface area contributed by atoms with Gasteiger partial charge < -0.3 is 24.2 Å². The molecule has 2 N–H and O–H groups in total. The number of hydrogen-bond acceptors (Lipinski definition) is 10. The third-order valence-corrected chi connectivity index (χ3v) is 12.4. The van der Waals surface area contributed by atoms with Gasteiger partial charge in [0.2, 0.25) is 0 Å². The molecular weight excluding hydrogens is 928 g/mol. The molecule has 0 radical (unpaired) electrons. The average Bonchev–Trinajstić information content (AvgIpc) is 3.37. The number of rotatable bonds is 51. The molecule has 0 aromatic heterocycles. The summed E-state index contributed by atoms with van der Waals surface area (Å²) in [5.41, 5.74) is 0. The van der Waals surface area contributed by atoms with E-state index in [4.69, 9.17) is 23.3 Å². The van der Waals surface area contributed by atoms with Gasteiger partial charge in [0.15, 0.2) is 6.10 Å². The fourth-order valence-electron chi connectivity index (χ4n) is 7.18. The van der Waals surface area contributed by atoms with Crippen molar-refractivity contribution in [1.82, 2.24) is 0 Å². The summed E-state index contributed by atoms with van der Waals surface area (Å²) in [5.74, 6) is -1.54. The number of esters is 3. The third kappa shape index (κ3) is 51.3. The predicted molar refractivity (Wildman–Crippen MR) is 297 cm³/mol. The van der Waals surface area contributed by atoms with Crippen LogP contribution in [0.25, 0.3) is 0 Å². The molecule has 0 bridgehead atoms. The highest BCUT2D eigenvalue weighted by Gasteiger charge is 2.28. The number of unbranched alkanes of at least 4 members (excludes halogenated alkanes) is 18. The summed E-state index contributed by atoms with van der Waals surface area (Å²) >= 11 is 0. The molecule has 0 aliphatic carbocycles. The smallest absolute Gasteiger partial charge is 0.462 e. The molecule has 0 fully saturated rings. The van der Waals surface area contributed by atoms with Crippen LogP contribution in [0.1, 0.15) is 226 Å². The van der Waals surface area contributed by atoms with Gasteiger partial charge in [0.05, 0.1) is 19.8 Å². The summed E-state index contributed by atoms with van der Waals surface area (Å²) in [4.78, 5) is 48.4. The fourth-order valence-corrected chi connectivity index (χ4v) is 7.96. The van der Waals surface area contributed by atoms with Gasteiger partial charge >= 0.3 is 25.7 Å². The number of carbonyl (C=O) groups excluding carboxylic acids is 3. The Bertz CT molecular complexity index is 1580. The maximum Gasteiger partial charge on any atom is 0.472 e. The van der Waals surface area contributed by atoms with Crippen LogP contribution < -0.4 is 0 Å². The molecule has 0 aliphatic rings. The second kappa shape index (κ2) is 53.7. The SMILES string of the molecule is CC/C=C\C/C=C\C/C=C\CCCCCC(=O)OC(COC(=O)CCCCCCCC/C=C\C/C=C\C/C=C\CCCCC)COP(=O)(O)OCC(CO)OC(=O)CCCCCCC/C=C\C/C=C\CCC. The lowest BCUT2D eigenvalue weighted by Gasteiger charge is -2.21. The van der Waals surface area contributed by atoms with Crippen LogP contribution in [-0.4, -0.2) is 66.5 Å². The molecule has 0 aliphatic heterocycles. The molecular formula is C60H101O11P. The van der Waals surface area contributed by atoms with Crippen molar-refractivity contribution in [3.05, 3.63) is 97.2 Å². The van der Waals surface area contributed by atoms with E-state index in [1.165, 1.54) is 25.7 Å². The van der Waals surface area contributed by atoms with Gasteiger partial charge in [0.1, 0.15) is 12.7 Å². The van der Waals surface area contributed by atoms with Crippen molar-refractivity contribution in [3.63, 3.8) is 0 Å². The van der Waals surface area contributed by atoms with E-state index in [0.717, 1.165) is 141 Å². The monoisotopic (exact) mass is 1030 g/mol. The van der Waals surface area contributed by atoms with Crippen molar-refractivity contribution in [3.8, 4) is 0 Å². The molecule has 0 saturated carbocycles. The summed E-state index contributed by atoms with van der Waals surface area (Å²) in [5, 5.41) is 9.79. The van der Waals surface area contributed by atoms with E-state index in [-0.39, 0.29) is 25.9 Å². The molecule has 0 amide bonds. The lowest BCUT2D eigenvalue weighted by atomic mass is 10.1. The van der Waals surface area contributed by atoms with E-state index >= 15 is 0 Å². The minimum atomic E-state index is -4.76. The van der Waals surface area contributed by atoms with Crippen molar-refractivity contribution in [2.45, 2.75) is 238 Å². The Labute approximate surface area is 438 Å². The number of ether oxygens (including phenoxy) is 3. The number of phosphoric ester groups is 1. The quantitative estimate of drug-likeness (QED) is 0.0197. The van der Waals surface area contributed by atoms with Crippen LogP contribution in [0.3, 0.4) is 0 Å². The van der Waals surface area contributed by atoms with Crippen LogP contribution in [0.2, 0.25) is 0 Å². The van der Waals surface area contributed by atoms with Crippen LogP contribution >= 0.6 is 7.82 Å². The van der Waals surface area contributed by atoms with Crippen LogP contribution in [-0.2, 0) is 42.2 Å². The van der Waals surface area contributed by atoms with E-state index < -0.39 is 57.8 Å². The predicted octanol–water partition coefficient (Wildman–Crippen LogP) is 16.5. The van der Waals surface area contributed by atoms with Crippen molar-refractivity contribution in [1.29, 1.82) is 0 Å². The van der Waals surface area contributed by atoms with E-state index in [0.29, 0.717) is 19.3 Å². The number of phosphoric acid groups is 1. The minimum Gasteiger partial charge on any atom is -0.462 e. The Morgan fingerprint density at radius 3 is 1.18 bits per heavy atom. The van der Waals surface area contributed by atoms with Crippen molar-refractivity contribution < 1.29 is 52.2 Å². The Kier molecular flexibility index (Phi) is 51.0. The maximum absolute atomic E-state index is 12.9. The van der Waals surface area contributed by atoms with Crippen LogP contribution in [0.5, 0.6) is 0 Å². The Morgan fingerprint density at radius 2 is 0.750 bits per heavy atom. The first-order valence-corrected chi connectivity index (χ1v) is 29.6. The Balaban J connectivity index is 4.78. The minimum absolute atomic E-state index is 0.124. The van der Waals surface area contributed by atoms with Gasteiger partial charge in [0.25, 0.3) is 0 Å². The molecule has 0 rings (SSSR count). The first-order valence-electron chi connectivity index (χ1n) is 28.1. The number of allylic oxidation sites excluding steroid dienone is 16. The van der Waals surface area contributed by atoms with E-state index in [1.807, 2.05) is 0 Å². The van der Waals surface area contributed by atoms with Crippen LogP contribution in [0, 0.1) is 0 Å². The summed E-state index contributed by atoms with van der Waals surface area (Å²) in [6, 6.07) is 0. The van der Waals surface area contributed by atoms with Crippen LogP contribution in [0.15, 0.2) is 97.2 Å². The Hall–Kier alpha value is -3.60. The van der Waals surface area contributed by atoms with E-state index in [1.54, 1.807) is 0 Å². The summed E-state index contributed by atoms with van der Waals surface area (Å²) in [7, 11) is -4.76. The van der Waals surface area contributed by atoms with Crippen molar-refractivity contribution >= 4 is 25.7 Å². The molecule has 412 valence electrons. The van der Waals surface area contributed by atoms with Gasteiger partial charge in [-0.3, -0.25) is 23.4 Å². The average molecular weight is 1030 g/mol. The maximum atomic E-state index is 12.9. The molecule has 3 unspecified atom stereocenters. The molecule has 0 aromatic carbocycles. The summed E-state index contributed by atoms with van der Waals surface area (Å²) in [6.45, 7) is 4.36. The lowest BCUT2D eigenvalue weighted by molar-refractivity contribution is -0.161. The molecule has 72 heavy (non-hydrogen) atoms. The normalized spacial score (nSPS) is 14.1. The number of aliphatic hydroxyl groups excluding tert-OH is 1. The zero-order chi connectivity index (χ0) is 52.7. The zero-order valence-corrected chi connectivity index (χ0v) is 46.3. The molecule has 12 heteroatoms. The molecule has 0 aromatic rings. The highest BCUT2D eigenvalue weighted by molar-refractivity contribution is 7.47. The van der Waals surface area contributed by atoms with Gasteiger partial charge in [0, 0.05) is 19.3 Å². The fraction of sp³-hybridized carbons (Fsp3) is 0.683. The molecule has 0 saturated heterocycles. The number of hydrogen-bond donors (Lipinski definition) is 2. The molecule has 3 atom stereocenters. The van der Waals surface area contributed by atoms with Crippen molar-refractivity contribution in [2.75, 3.05) is 26.4 Å². The molecule has 0 spiro atoms. The second-order valence-electron chi connectivity index (χ2n) is 18.4. The first kappa shape index (κ1) is 68.4. The van der Waals surface area contributed by atoms with Gasteiger partial charge in [-0.15, -0.1) is 0 Å². The van der Waals surface area contributed by atoms with Gasteiger partial charge in [-0.05, 0) is 116 Å². The van der Waals surface area contributed by atoms with Gasteiger partial charge in [-0.25, -0.2) is 4.57 Å². The van der Waals surface area contributed by atoms with Crippen molar-refractivity contribution in [2.24, 2.45) is 0 Å². The van der Waals surface area contributed by atoms with E-state index in [2.05, 4.69) is 118 Å². The van der Waals surface area contributed by atoms with E-state index in [9.17, 15) is 28.9 Å². The van der Waals surface area contributed by atoms with Gasteiger partial charge in [-0.1, -0.05) is 189 Å². The zero-order valence-electron chi connectivity index (χ0n) is 45.4. The largest absolute Gasteiger partial charge is 0.472 e. The number of carbonyl (C=O) groups is 3.